The number of nitrogens with one attached hydrogen (secondary N) is 2. The van der Waals surface area contributed by atoms with E-state index in [1.54, 1.807) is 6.07 Å². The number of piperidine rings is 1. The van der Waals surface area contributed by atoms with Gasteiger partial charge in [0.2, 0.25) is 0 Å². The van der Waals surface area contributed by atoms with Crippen LogP contribution in [-0.2, 0) is 0 Å². The smallest absolute Gasteiger partial charge is 0.141 e. The van der Waals surface area contributed by atoms with Crippen LogP contribution in [0.2, 0.25) is 0 Å². The van der Waals surface area contributed by atoms with Crippen LogP contribution in [0.4, 0.5) is 0 Å². The van der Waals surface area contributed by atoms with E-state index in [2.05, 4.69) is 33.7 Å². The molecule has 3 N–H and O–H groups in total. The molecule has 4 rings (SSSR count). The fourth-order valence-electron chi connectivity index (χ4n) is 3.77. The van der Waals surface area contributed by atoms with Crippen molar-refractivity contribution in [2.24, 2.45) is 0 Å². The molecule has 0 radical (unpaired) electrons. The fraction of sp³-hybridized carbons (Fsp3) is 0.429. The molecule has 136 valence electrons. The number of benzene rings is 1. The van der Waals surface area contributed by atoms with Gasteiger partial charge in [-0.15, -0.1) is 5.73 Å². The second kappa shape index (κ2) is 7.02. The van der Waals surface area contributed by atoms with Crippen LogP contribution < -0.4 is 5.32 Å². The third kappa shape index (κ3) is 3.05. The molecule has 0 spiro atoms. The lowest BCUT2D eigenvalue weighted by atomic mass is 10.0. The molecule has 1 aliphatic carbocycles. The van der Waals surface area contributed by atoms with Crippen molar-refractivity contribution in [3.63, 3.8) is 0 Å². The molecule has 5 nitrogen and oxygen atoms in total. The van der Waals surface area contributed by atoms with E-state index < -0.39 is 0 Å². The molecule has 1 saturated carbocycles. The largest absolute Gasteiger partial charge is 0.506 e. The molecule has 2 aromatic rings. The van der Waals surface area contributed by atoms with E-state index in [1.807, 2.05) is 19.1 Å². The number of aromatic hydroxyl groups is 1. The van der Waals surface area contributed by atoms with Crippen molar-refractivity contribution in [1.82, 2.24) is 20.2 Å². The van der Waals surface area contributed by atoms with Gasteiger partial charge in [-0.1, -0.05) is 12.7 Å². The molecule has 1 aliphatic heterocycles. The highest BCUT2D eigenvalue weighted by atomic mass is 16.3. The van der Waals surface area contributed by atoms with Gasteiger partial charge in [0.25, 0.3) is 0 Å². The van der Waals surface area contributed by atoms with Crippen LogP contribution in [0.1, 0.15) is 49.9 Å². The number of hydrogen-bond acceptors (Lipinski definition) is 4. The van der Waals surface area contributed by atoms with Gasteiger partial charge in [-0.25, -0.2) is 4.98 Å². The lowest BCUT2D eigenvalue weighted by Crippen LogP contribution is -2.42. The second-order valence-electron chi connectivity index (χ2n) is 7.17. The zero-order valence-corrected chi connectivity index (χ0v) is 15.3. The van der Waals surface area contributed by atoms with Crippen LogP contribution in [0.3, 0.4) is 0 Å². The Morgan fingerprint density at radius 2 is 2.23 bits per heavy atom. The number of hydrogen-bond donors (Lipinski definition) is 3. The minimum atomic E-state index is 0.239. The Morgan fingerprint density at radius 3 is 2.88 bits per heavy atom. The highest BCUT2D eigenvalue weighted by Gasteiger charge is 2.29. The zero-order chi connectivity index (χ0) is 18.1. The quantitative estimate of drug-likeness (QED) is 0.717. The van der Waals surface area contributed by atoms with Crippen LogP contribution in [0.15, 0.2) is 36.7 Å². The number of nitrogens with zero attached hydrogens (tertiary/aromatic N) is 2. The molecule has 2 fully saturated rings. The summed E-state index contributed by atoms with van der Waals surface area (Å²) in [7, 11) is 0. The number of H-pyrrole nitrogens is 1. The Kier molecular flexibility index (Phi) is 4.58. The van der Waals surface area contributed by atoms with E-state index in [1.165, 1.54) is 12.8 Å². The van der Waals surface area contributed by atoms with Gasteiger partial charge in [0.05, 0.1) is 5.70 Å². The van der Waals surface area contributed by atoms with Crippen LogP contribution in [-0.4, -0.2) is 39.1 Å². The van der Waals surface area contributed by atoms with Gasteiger partial charge in [0.1, 0.15) is 22.6 Å². The van der Waals surface area contributed by atoms with Gasteiger partial charge in [-0.05, 0) is 51.3 Å². The predicted molar refractivity (Wildman–Crippen MR) is 105 cm³/mol. The maximum absolute atomic E-state index is 10.3. The monoisotopic (exact) mass is 350 g/mol. The zero-order valence-electron chi connectivity index (χ0n) is 15.3. The lowest BCUT2D eigenvalue weighted by Gasteiger charge is -2.34. The number of rotatable bonds is 5. The van der Waals surface area contributed by atoms with Crippen molar-refractivity contribution >= 4 is 16.7 Å². The molecule has 2 heterocycles. The van der Waals surface area contributed by atoms with Gasteiger partial charge in [0.15, 0.2) is 0 Å². The van der Waals surface area contributed by atoms with Crippen molar-refractivity contribution in [3.05, 3.63) is 48.1 Å². The molecular formula is C21H26N4O. The summed E-state index contributed by atoms with van der Waals surface area (Å²) in [4.78, 5) is 10.4. The van der Waals surface area contributed by atoms with E-state index >= 15 is 0 Å². The number of aromatic amines is 1. The van der Waals surface area contributed by atoms with Crippen molar-refractivity contribution in [2.75, 3.05) is 13.1 Å². The minimum absolute atomic E-state index is 0.239. The van der Waals surface area contributed by atoms with E-state index in [0.717, 1.165) is 48.5 Å². The summed E-state index contributed by atoms with van der Waals surface area (Å²) >= 11 is 0. The molecule has 1 aromatic carbocycles. The normalized spacial score (nSPS) is 20.4. The lowest BCUT2D eigenvalue weighted by molar-refractivity contribution is 0.304. The molecule has 5 heteroatoms. The highest BCUT2D eigenvalue weighted by Crippen LogP contribution is 2.41. The Balaban J connectivity index is 1.80. The van der Waals surface area contributed by atoms with Crippen molar-refractivity contribution in [1.29, 1.82) is 0 Å². The third-order valence-electron chi connectivity index (χ3n) is 5.26. The van der Waals surface area contributed by atoms with Gasteiger partial charge in [0, 0.05) is 30.3 Å². The van der Waals surface area contributed by atoms with Gasteiger partial charge < -0.3 is 20.3 Å². The Bertz CT molecular complexity index is 881. The van der Waals surface area contributed by atoms with Crippen molar-refractivity contribution in [2.45, 2.75) is 44.6 Å². The van der Waals surface area contributed by atoms with Gasteiger partial charge in [-0.3, -0.25) is 0 Å². The van der Waals surface area contributed by atoms with E-state index in [0.29, 0.717) is 17.5 Å². The Hall–Kier alpha value is -2.49. The van der Waals surface area contributed by atoms with E-state index in [4.69, 9.17) is 4.98 Å². The molecule has 2 aliphatic rings. The number of aromatic nitrogens is 2. The maximum atomic E-state index is 10.3. The molecule has 1 atom stereocenters. The summed E-state index contributed by atoms with van der Waals surface area (Å²) in [6.45, 7) is 7.99. The standard InChI is InChI=1S/C21H26N4O/c1-3-12-25(15-6-5-11-22-13-15)17(4-2)16-9-10-18(26)20-19(16)23-21(24-20)14-7-8-14/h3,9-10,12,14-15,22,26H,2,5-8,11,13H2,1H3,(H,23,24). The SMILES string of the molecule is C=C=C(c1ccc(O)c2[nH]c(C3CC3)nc12)N(C=CC)C1CCCNC1. The summed E-state index contributed by atoms with van der Waals surface area (Å²) in [5, 5.41) is 13.8. The van der Waals surface area contributed by atoms with Crippen molar-refractivity contribution < 1.29 is 5.11 Å². The number of imidazole rings is 1. The first-order valence-corrected chi connectivity index (χ1v) is 9.46. The number of phenols is 1. The van der Waals surface area contributed by atoms with E-state index in [9.17, 15) is 5.11 Å². The van der Waals surface area contributed by atoms with Gasteiger partial charge >= 0.3 is 0 Å². The summed E-state index contributed by atoms with van der Waals surface area (Å²) in [5.41, 5.74) is 6.52. The number of allylic oxidation sites excluding steroid dienone is 1. The van der Waals surface area contributed by atoms with Gasteiger partial charge in [-0.2, -0.15) is 0 Å². The van der Waals surface area contributed by atoms with Crippen LogP contribution in [0, 0.1) is 0 Å². The van der Waals surface area contributed by atoms with Crippen LogP contribution in [0.5, 0.6) is 5.75 Å². The summed E-state index contributed by atoms with van der Waals surface area (Å²) in [5.74, 6) is 1.71. The van der Waals surface area contributed by atoms with Crippen molar-refractivity contribution in [3.8, 4) is 5.75 Å². The van der Waals surface area contributed by atoms with E-state index in [-0.39, 0.29) is 5.75 Å². The Morgan fingerprint density at radius 1 is 1.38 bits per heavy atom. The molecule has 0 bridgehead atoms. The first kappa shape index (κ1) is 17.0. The van der Waals surface area contributed by atoms with Crippen LogP contribution in [0.25, 0.3) is 16.7 Å². The average molecular weight is 350 g/mol. The molecule has 0 amide bonds. The summed E-state index contributed by atoms with van der Waals surface area (Å²) < 4.78 is 0. The average Bonchev–Trinajstić information content (AvgIpc) is 3.42. The molecule has 26 heavy (non-hydrogen) atoms. The first-order chi connectivity index (χ1) is 12.7. The highest BCUT2D eigenvalue weighted by molar-refractivity contribution is 5.92. The molecule has 1 saturated heterocycles. The summed E-state index contributed by atoms with van der Waals surface area (Å²) in [6.07, 6.45) is 8.75. The van der Waals surface area contributed by atoms with Crippen LogP contribution >= 0.6 is 0 Å². The summed E-state index contributed by atoms with van der Waals surface area (Å²) in [6, 6.07) is 4.02. The first-order valence-electron chi connectivity index (χ1n) is 9.46. The molecule has 1 aromatic heterocycles. The number of fused-ring (bicyclic) bond motifs is 1. The molecule has 1 unspecified atom stereocenters. The number of phenolic OH excluding ortho intramolecular Hbond substituents is 1. The topological polar surface area (TPSA) is 64.2 Å². The maximum Gasteiger partial charge on any atom is 0.141 e. The predicted octanol–water partition coefficient (Wildman–Crippen LogP) is 3.86. The third-order valence-corrected chi connectivity index (χ3v) is 5.26. The minimum Gasteiger partial charge on any atom is -0.506 e. The molecular weight excluding hydrogens is 324 g/mol. The Labute approximate surface area is 154 Å². The second-order valence-corrected chi connectivity index (χ2v) is 7.17. The fourth-order valence-corrected chi connectivity index (χ4v) is 3.77.